The molecule has 2 aliphatic heterocycles. The number of urea groups is 1. The molecule has 2 fully saturated rings. The van der Waals surface area contributed by atoms with Gasteiger partial charge in [-0.3, -0.25) is 4.79 Å². The fraction of sp³-hybridized carbons (Fsp3) is 0.364. The van der Waals surface area contributed by atoms with Crippen molar-refractivity contribution in [3.8, 4) is 0 Å². The Labute approximate surface area is 184 Å². The third-order valence-electron chi connectivity index (χ3n) is 5.55. The molecule has 4 rings (SSSR count). The molecule has 164 valence electrons. The summed E-state index contributed by atoms with van der Waals surface area (Å²) in [4.78, 5) is 28.5. The quantitative estimate of drug-likeness (QED) is 0.738. The van der Waals surface area contributed by atoms with Crippen LogP contribution in [0.25, 0.3) is 0 Å². The van der Waals surface area contributed by atoms with Crippen LogP contribution >= 0.6 is 11.6 Å². The van der Waals surface area contributed by atoms with Gasteiger partial charge < -0.3 is 20.4 Å². The molecule has 1 unspecified atom stereocenters. The molecule has 0 aliphatic carbocycles. The predicted octanol–water partition coefficient (Wildman–Crippen LogP) is 4.15. The number of benzene rings is 2. The third kappa shape index (κ3) is 4.90. The summed E-state index contributed by atoms with van der Waals surface area (Å²) in [7, 11) is 0. The molecule has 0 saturated carbocycles. The molecule has 2 aromatic rings. The number of carbonyl (C=O) groups is 2. The Balaban J connectivity index is 1.38. The zero-order valence-corrected chi connectivity index (χ0v) is 17.5. The number of hydrogen-bond acceptors (Lipinski definition) is 3. The van der Waals surface area contributed by atoms with Crippen molar-refractivity contribution in [3.63, 3.8) is 0 Å². The van der Waals surface area contributed by atoms with Gasteiger partial charge in [-0.25, -0.2) is 13.6 Å². The second kappa shape index (κ2) is 9.09. The molecule has 0 spiro atoms. The van der Waals surface area contributed by atoms with E-state index in [1.165, 1.54) is 0 Å². The average Bonchev–Trinajstić information content (AvgIpc) is 3.10. The second-order valence-corrected chi connectivity index (χ2v) is 8.18. The monoisotopic (exact) mass is 448 g/mol. The molecule has 0 bridgehead atoms. The van der Waals surface area contributed by atoms with Crippen LogP contribution in [0.3, 0.4) is 0 Å². The van der Waals surface area contributed by atoms with Crippen molar-refractivity contribution >= 4 is 40.6 Å². The van der Waals surface area contributed by atoms with Crippen molar-refractivity contribution in [2.45, 2.75) is 31.2 Å². The topological polar surface area (TPSA) is 64.7 Å². The first-order valence-corrected chi connectivity index (χ1v) is 10.6. The van der Waals surface area contributed by atoms with Gasteiger partial charge >= 0.3 is 6.03 Å². The van der Waals surface area contributed by atoms with E-state index >= 15 is 0 Å². The van der Waals surface area contributed by atoms with Crippen molar-refractivity contribution in [1.29, 1.82) is 0 Å². The lowest BCUT2D eigenvalue weighted by Gasteiger charge is -2.33. The van der Waals surface area contributed by atoms with Crippen LogP contribution in [0.15, 0.2) is 48.5 Å². The Kier molecular flexibility index (Phi) is 6.27. The lowest BCUT2D eigenvalue weighted by molar-refractivity contribution is -0.121. The van der Waals surface area contributed by atoms with Gasteiger partial charge in [-0.15, -0.1) is 0 Å². The molecule has 31 heavy (non-hydrogen) atoms. The van der Waals surface area contributed by atoms with Crippen LogP contribution in [0.5, 0.6) is 0 Å². The molecule has 3 amide bonds. The van der Waals surface area contributed by atoms with E-state index in [0.717, 1.165) is 6.42 Å². The molecule has 2 N–H and O–H groups in total. The third-order valence-corrected chi connectivity index (χ3v) is 5.81. The van der Waals surface area contributed by atoms with Crippen LogP contribution in [0, 0.1) is 0 Å². The summed E-state index contributed by atoms with van der Waals surface area (Å²) in [5.74, 6) is -0.195. The van der Waals surface area contributed by atoms with E-state index in [-0.39, 0.29) is 19.0 Å². The molecule has 2 aromatic carbocycles. The molecule has 3 atom stereocenters. The van der Waals surface area contributed by atoms with E-state index in [2.05, 4.69) is 10.6 Å². The summed E-state index contributed by atoms with van der Waals surface area (Å²) in [6.07, 6.45) is -1.67. The molecular weight excluding hydrogens is 426 g/mol. The first kappa shape index (κ1) is 21.4. The molecule has 0 radical (unpaired) electrons. The smallest absolute Gasteiger partial charge is 0.319 e. The lowest BCUT2D eigenvalue weighted by atomic mass is 10.0. The predicted molar refractivity (Wildman–Crippen MR) is 117 cm³/mol. The van der Waals surface area contributed by atoms with E-state index in [0.29, 0.717) is 35.1 Å². The fourth-order valence-electron chi connectivity index (χ4n) is 3.90. The standard InChI is InChI=1S/C22H23ClF2N4O2/c23-14-3-5-15(6-4-14)26-22(31)27-20-2-1-11-29(21(20)30)17-9-7-16(8-10-17)28-12-18(24)19(25)13-28/h3-10,18-20H,1-2,11-13H2,(H2,26,27,31)/t18-,19+,20?. The van der Waals surface area contributed by atoms with Crippen LogP contribution in [0.2, 0.25) is 5.02 Å². The highest BCUT2D eigenvalue weighted by Crippen LogP contribution is 2.28. The molecule has 9 heteroatoms. The molecule has 6 nitrogen and oxygen atoms in total. The minimum atomic E-state index is -1.48. The summed E-state index contributed by atoms with van der Waals surface area (Å²) < 4.78 is 26.9. The van der Waals surface area contributed by atoms with Crippen molar-refractivity contribution in [3.05, 3.63) is 53.6 Å². The molecular formula is C22H23ClF2N4O2. The zero-order chi connectivity index (χ0) is 22.0. The Morgan fingerprint density at radius 3 is 2.23 bits per heavy atom. The highest BCUT2D eigenvalue weighted by Gasteiger charge is 2.34. The Morgan fingerprint density at radius 2 is 1.58 bits per heavy atom. The maximum atomic E-state index is 13.5. The van der Waals surface area contributed by atoms with Gasteiger partial charge in [0, 0.05) is 28.6 Å². The molecule has 2 aliphatic rings. The summed E-state index contributed by atoms with van der Waals surface area (Å²) in [5, 5.41) is 5.99. The number of halogens is 3. The number of hydrogen-bond donors (Lipinski definition) is 2. The zero-order valence-electron chi connectivity index (χ0n) is 16.7. The number of nitrogens with one attached hydrogen (secondary N) is 2. The van der Waals surface area contributed by atoms with Crippen LogP contribution in [-0.2, 0) is 4.79 Å². The van der Waals surface area contributed by atoms with Crippen LogP contribution < -0.4 is 20.4 Å². The van der Waals surface area contributed by atoms with Crippen molar-refractivity contribution in [2.24, 2.45) is 0 Å². The van der Waals surface area contributed by atoms with Crippen molar-refractivity contribution in [1.82, 2.24) is 5.32 Å². The summed E-state index contributed by atoms with van der Waals surface area (Å²) in [5.41, 5.74) is 1.98. The number of anilines is 3. The number of rotatable bonds is 4. The Hall–Kier alpha value is -2.87. The minimum Gasteiger partial charge on any atom is -0.365 e. The van der Waals surface area contributed by atoms with E-state index in [9.17, 15) is 18.4 Å². The van der Waals surface area contributed by atoms with Crippen molar-refractivity contribution in [2.75, 3.05) is 34.8 Å². The number of piperidine rings is 1. The first-order valence-electron chi connectivity index (χ1n) is 10.2. The lowest BCUT2D eigenvalue weighted by Crippen LogP contribution is -2.53. The maximum Gasteiger partial charge on any atom is 0.319 e. The first-order chi connectivity index (χ1) is 14.9. The number of amides is 3. The highest BCUT2D eigenvalue weighted by molar-refractivity contribution is 6.30. The van der Waals surface area contributed by atoms with Gasteiger partial charge in [0.1, 0.15) is 6.04 Å². The second-order valence-electron chi connectivity index (χ2n) is 7.74. The number of alkyl halides is 2. The average molecular weight is 449 g/mol. The highest BCUT2D eigenvalue weighted by atomic mass is 35.5. The van der Waals surface area contributed by atoms with Gasteiger partial charge in [-0.1, -0.05) is 11.6 Å². The largest absolute Gasteiger partial charge is 0.365 e. The Bertz CT molecular complexity index is 932. The number of carbonyl (C=O) groups excluding carboxylic acids is 2. The molecule has 2 heterocycles. The van der Waals surface area contributed by atoms with Crippen LogP contribution in [0.4, 0.5) is 30.6 Å². The molecule has 0 aromatic heterocycles. The normalized spacial score (nSPS) is 23.7. The van der Waals surface area contributed by atoms with Crippen LogP contribution in [0.1, 0.15) is 12.8 Å². The maximum absolute atomic E-state index is 13.5. The van der Waals surface area contributed by atoms with Gasteiger partial charge in [0.2, 0.25) is 5.91 Å². The summed E-state index contributed by atoms with van der Waals surface area (Å²) in [6.45, 7) is 0.591. The Morgan fingerprint density at radius 1 is 0.968 bits per heavy atom. The minimum absolute atomic E-state index is 0.0257. The van der Waals surface area contributed by atoms with E-state index in [1.807, 2.05) is 0 Å². The van der Waals surface area contributed by atoms with Gasteiger partial charge in [0.05, 0.1) is 13.1 Å². The summed E-state index contributed by atoms with van der Waals surface area (Å²) >= 11 is 5.84. The van der Waals surface area contributed by atoms with Gasteiger partial charge in [-0.05, 0) is 61.4 Å². The SMILES string of the molecule is O=C(Nc1ccc(Cl)cc1)NC1CCCN(c2ccc(N3C[C@@H](F)[C@@H](F)C3)cc2)C1=O. The van der Waals surface area contributed by atoms with E-state index in [1.54, 1.807) is 58.3 Å². The van der Waals surface area contributed by atoms with Crippen LogP contribution in [-0.4, -0.2) is 50.0 Å². The van der Waals surface area contributed by atoms with Gasteiger partial charge in [0.15, 0.2) is 12.3 Å². The summed E-state index contributed by atoms with van der Waals surface area (Å²) in [6, 6.07) is 12.6. The fourth-order valence-corrected chi connectivity index (χ4v) is 4.03. The number of nitrogens with zero attached hydrogens (tertiary/aromatic N) is 2. The molecule has 2 saturated heterocycles. The van der Waals surface area contributed by atoms with Gasteiger partial charge in [-0.2, -0.15) is 0 Å². The van der Waals surface area contributed by atoms with E-state index < -0.39 is 24.4 Å². The van der Waals surface area contributed by atoms with Gasteiger partial charge in [0.25, 0.3) is 0 Å². The van der Waals surface area contributed by atoms with E-state index in [4.69, 9.17) is 11.6 Å². The van der Waals surface area contributed by atoms with Crippen molar-refractivity contribution < 1.29 is 18.4 Å².